The molecule has 0 spiro atoms. The van der Waals surface area contributed by atoms with Crippen LogP contribution in [0.1, 0.15) is 64.5 Å². The first-order valence-electron chi connectivity index (χ1n) is 18.0. The van der Waals surface area contributed by atoms with Gasteiger partial charge in [0.25, 0.3) is 5.91 Å². The Bertz CT molecular complexity index is 1530. The third kappa shape index (κ3) is 9.74. The lowest BCUT2D eigenvalue weighted by Gasteiger charge is -2.38. The van der Waals surface area contributed by atoms with Gasteiger partial charge in [-0.2, -0.15) is 0 Å². The predicted octanol–water partition coefficient (Wildman–Crippen LogP) is 2.74. The van der Waals surface area contributed by atoms with Crippen LogP contribution in [0.25, 0.3) is 0 Å². The number of rotatable bonds is 7. The Morgan fingerprint density at radius 1 is 0.784 bits per heavy atom. The molecule has 4 rings (SSSR count). The van der Waals surface area contributed by atoms with Crippen LogP contribution in [-0.4, -0.2) is 108 Å². The summed E-state index contributed by atoms with van der Waals surface area (Å²) in [4.78, 5) is 87.9. The van der Waals surface area contributed by atoms with Gasteiger partial charge in [-0.15, -0.1) is 0 Å². The quantitative estimate of drug-likeness (QED) is 0.422. The zero-order valence-electron chi connectivity index (χ0n) is 30.7. The van der Waals surface area contributed by atoms with Crippen molar-refractivity contribution in [2.75, 3.05) is 27.2 Å². The summed E-state index contributed by atoms with van der Waals surface area (Å²) < 4.78 is 5.75. The Labute approximate surface area is 301 Å². The lowest BCUT2D eigenvalue weighted by molar-refractivity contribution is -0.165. The van der Waals surface area contributed by atoms with Crippen LogP contribution in [0.3, 0.4) is 0 Å². The van der Waals surface area contributed by atoms with E-state index in [0.29, 0.717) is 25.8 Å². The summed E-state index contributed by atoms with van der Waals surface area (Å²) in [6.45, 7) is 7.58. The Balaban J connectivity index is 1.76. The van der Waals surface area contributed by atoms with E-state index in [0.717, 1.165) is 11.1 Å². The van der Waals surface area contributed by atoms with Gasteiger partial charge in [-0.1, -0.05) is 88.4 Å². The first kappa shape index (κ1) is 39.1. The number of carbonyl (C=O) groups is 6. The van der Waals surface area contributed by atoms with Crippen molar-refractivity contribution >= 4 is 35.5 Å². The standard InChI is InChI=1S/C39H53N5O7/c1-7-26(4)34-39(50)44-22-14-19-30(44)36(47)41-29(23-27-15-10-8-11-16-27)37(48)43(6)33(25(2)3)38(49)42(5)31(24-28-17-12-9-13-18-28)35(46)40-21-20-32(45)51-34/h8-13,15-18,25-26,29-31,33-34H,7,14,19-24H2,1-6H3,(H,40,46)(H,41,47). The van der Waals surface area contributed by atoms with Crippen molar-refractivity contribution < 1.29 is 33.5 Å². The normalized spacial score (nSPS) is 25.4. The number of esters is 1. The maximum absolute atomic E-state index is 14.4. The zero-order chi connectivity index (χ0) is 37.2. The molecule has 12 nitrogen and oxygen atoms in total. The van der Waals surface area contributed by atoms with Gasteiger partial charge in [-0.3, -0.25) is 28.8 Å². The van der Waals surface area contributed by atoms with Crippen molar-refractivity contribution in [1.82, 2.24) is 25.3 Å². The van der Waals surface area contributed by atoms with E-state index in [4.69, 9.17) is 4.74 Å². The molecule has 0 radical (unpaired) electrons. The molecule has 51 heavy (non-hydrogen) atoms. The highest BCUT2D eigenvalue weighted by Crippen LogP contribution is 2.25. The maximum atomic E-state index is 14.4. The third-order valence-corrected chi connectivity index (χ3v) is 10.1. The molecule has 2 aromatic rings. The molecule has 2 N–H and O–H groups in total. The molecule has 0 saturated carbocycles. The van der Waals surface area contributed by atoms with Gasteiger partial charge < -0.3 is 30.1 Å². The van der Waals surface area contributed by atoms with E-state index in [1.54, 1.807) is 14.1 Å². The first-order valence-corrected chi connectivity index (χ1v) is 18.0. The van der Waals surface area contributed by atoms with Gasteiger partial charge in [0, 0.05) is 45.9 Å². The predicted molar refractivity (Wildman–Crippen MR) is 192 cm³/mol. The fraction of sp³-hybridized carbons (Fsp3) is 0.538. The lowest BCUT2D eigenvalue weighted by Crippen LogP contribution is -2.60. The van der Waals surface area contributed by atoms with Gasteiger partial charge in [-0.25, -0.2) is 0 Å². The smallest absolute Gasteiger partial charge is 0.308 e. The minimum atomic E-state index is -1.12. The summed E-state index contributed by atoms with van der Waals surface area (Å²) in [7, 11) is 3.09. The molecule has 2 aromatic carbocycles. The summed E-state index contributed by atoms with van der Waals surface area (Å²) in [6.07, 6.45) is 0.515. The van der Waals surface area contributed by atoms with E-state index in [-0.39, 0.29) is 37.6 Å². The van der Waals surface area contributed by atoms with Crippen LogP contribution in [0.4, 0.5) is 0 Å². The van der Waals surface area contributed by atoms with Crippen LogP contribution in [-0.2, 0) is 46.3 Å². The molecule has 2 aliphatic heterocycles. The van der Waals surface area contributed by atoms with E-state index < -0.39 is 65.8 Å². The summed E-state index contributed by atoms with van der Waals surface area (Å²) >= 11 is 0. The maximum Gasteiger partial charge on any atom is 0.308 e. The van der Waals surface area contributed by atoms with Crippen molar-refractivity contribution in [3.63, 3.8) is 0 Å². The number of cyclic esters (lactones) is 1. The van der Waals surface area contributed by atoms with Crippen LogP contribution < -0.4 is 10.6 Å². The van der Waals surface area contributed by atoms with Gasteiger partial charge in [0.1, 0.15) is 24.2 Å². The van der Waals surface area contributed by atoms with E-state index >= 15 is 0 Å². The van der Waals surface area contributed by atoms with Crippen molar-refractivity contribution in [3.05, 3.63) is 71.8 Å². The molecule has 0 bridgehead atoms. The average molecular weight is 704 g/mol. The number of benzene rings is 2. The number of likely N-dealkylation sites (N-methyl/N-ethyl adjacent to an activating group) is 2. The SMILES string of the molecule is CCC(C)C1OC(=O)CCNC(=O)C(Cc2ccccc2)N(C)C(=O)C(C(C)C)N(C)C(=O)C(Cc2ccccc2)NC(=O)C2CCCN2C1=O. The molecular formula is C39H53N5O7. The van der Waals surface area contributed by atoms with E-state index in [9.17, 15) is 28.8 Å². The van der Waals surface area contributed by atoms with Crippen LogP contribution in [0.5, 0.6) is 0 Å². The molecule has 5 amide bonds. The molecule has 0 aromatic heterocycles. The van der Waals surface area contributed by atoms with Crippen LogP contribution in [0, 0.1) is 11.8 Å². The largest absolute Gasteiger partial charge is 0.452 e. The molecule has 2 saturated heterocycles. The number of ether oxygens (including phenoxy) is 1. The minimum absolute atomic E-state index is 0.0751. The van der Waals surface area contributed by atoms with Crippen molar-refractivity contribution in [1.29, 1.82) is 0 Å². The van der Waals surface area contributed by atoms with Crippen LogP contribution in [0.15, 0.2) is 60.7 Å². The molecule has 2 heterocycles. The van der Waals surface area contributed by atoms with Crippen molar-refractivity contribution in [2.24, 2.45) is 11.8 Å². The van der Waals surface area contributed by atoms with Crippen LogP contribution in [0.2, 0.25) is 0 Å². The third-order valence-electron chi connectivity index (χ3n) is 10.1. The summed E-state index contributed by atoms with van der Waals surface area (Å²) in [6, 6.07) is 14.7. The number of amides is 5. The molecular weight excluding hydrogens is 650 g/mol. The first-order chi connectivity index (χ1) is 24.3. The zero-order valence-corrected chi connectivity index (χ0v) is 30.7. The molecule has 2 aliphatic rings. The number of carbonyl (C=O) groups excluding carboxylic acids is 6. The van der Waals surface area contributed by atoms with Crippen molar-refractivity contribution in [3.8, 4) is 0 Å². The number of fused-ring (bicyclic) bond motifs is 1. The molecule has 12 heteroatoms. The van der Waals surface area contributed by atoms with Crippen LogP contribution >= 0.6 is 0 Å². The summed E-state index contributed by atoms with van der Waals surface area (Å²) in [5.41, 5.74) is 1.62. The second-order valence-corrected chi connectivity index (χ2v) is 14.1. The number of nitrogens with one attached hydrogen (secondary N) is 2. The average Bonchev–Trinajstić information content (AvgIpc) is 3.62. The number of hydrogen-bond donors (Lipinski definition) is 2. The Hall–Kier alpha value is -4.74. The summed E-state index contributed by atoms with van der Waals surface area (Å²) in [5, 5.41) is 5.73. The van der Waals surface area contributed by atoms with Gasteiger partial charge in [0.05, 0.1) is 6.42 Å². The second kappa shape index (κ2) is 18.0. The number of nitrogens with zero attached hydrogens (tertiary/aromatic N) is 3. The minimum Gasteiger partial charge on any atom is -0.452 e. The molecule has 2 fully saturated rings. The van der Waals surface area contributed by atoms with Gasteiger partial charge in [0.2, 0.25) is 23.6 Å². The highest BCUT2D eigenvalue weighted by molar-refractivity contribution is 5.96. The van der Waals surface area contributed by atoms with E-state index in [2.05, 4.69) is 10.6 Å². The van der Waals surface area contributed by atoms with Crippen molar-refractivity contribution in [2.45, 2.75) is 96.5 Å². The van der Waals surface area contributed by atoms with E-state index in [1.807, 2.05) is 88.4 Å². The molecule has 6 unspecified atom stereocenters. The highest BCUT2D eigenvalue weighted by Gasteiger charge is 2.43. The van der Waals surface area contributed by atoms with Gasteiger partial charge in [0.15, 0.2) is 6.10 Å². The number of hydrogen-bond acceptors (Lipinski definition) is 7. The summed E-state index contributed by atoms with van der Waals surface area (Å²) in [5.74, 6) is -3.69. The lowest BCUT2D eigenvalue weighted by atomic mass is 9.97. The Kier molecular flexibility index (Phi) is 13.8. The second-order valence-electron chi connectivity index (χ2n) is 14.1. The fourth-order valence-corrected chi connectivity index (χ4v) is 6.90. The van der Waals surface area contributed by atoms with Gasteiger partial charge >= 0.3 is 5.97 Å². The molecule has 0 aliphatic carbocycles. The van der Waals surface area contributed by atoms with E-state index in [1.165, 1.54) is 14.7 Å². The highest BCUT2D eigenvalue weighted by atomic mass is 16.5. The topological polar surface area (TPSA) is 145 Å². The Morgan fingerprint density at radius 2 is 1.39 bits per heavy atom. The Morgan fingerprint density at radius 3 is 1.98 bits per heavy atom. The molecule has 6 atom stereocenters. The molecule has 276 valence electrons. The fourth-order valence-electron chi connectivity index (χ4n) is 6.90. The monoisotopic (exact) mass is 703 g/mol. The van der Waals surface area contributed by atoms with Gasteiger partial charge in [-0.05, 0) is 36.3 Å².